The fourth-order valence-corrected chi connectivity index (χ4v) is 3.65. The number of hydrogen-bond donors (Lipinski definition) is 0. The number of hydrogen-bond acceptors (Lipinski definition) is 7. The minimum Gasteiger partial charge on any atom is -0.496 e. The zero-order chi connectivity index (χ0) is 20.8. The van der Waals surface area contributed by atoms with Crippen LogP contribution in [0.4, 0.5) is 0 Å². The summed E-state index contributed by atoms with van der Waals surface area (Å²) < 4.78 is 15.9. The molecule has 0 fully saturated rings. The van der Waals surface area contributed by atoms with Gasteiger partial charge in [-0.1, -0.05) is 17.3 Å². The molecule has 2 aromatic carbocycles. The fraction of sp³-hybridized carbons (Fsp3) is 0.227. The number of nitrogens with zero attached hydrogens (tertiary/aromatic N) is 1. The van der Waals surface area contributed by atoms with Gasteiger partial charge in [-0.2, -0.15) is 0 Å². The second-order valence-corrected chi connectivity index (χ2v) is 7.39. The van der Waals surface area contributed by atoms with Crippen molar-refractivity contribution in [1.82, 2.24) is 5.16 Å². The molecule has 1 aromatic heterocycles. The van der Waals surface area contributed by atoms with Gasteiger partial charge in [-0.05, 0) is 44.2 Å². The first-order valence-electron chi connectivity index (χ1n) is 8.97. The standard InChI is InChI=1S/C22H21NO5S/c1-14-10-18(23-28-14)13-29-21-7-5-4-6-19(21)22(25)27-12-17-11-16(15(2)24)8-9-20(17)26-3/h4-11H,12-13H2,1-3H3. The molecular weight excluding hydrogens is 390 g/mol. The largest absolute Gasteiger partial charge is 0.496 e. The Hall–Kier alpha value is -3.06. The van der Waals surface area contributed by atoms with Crippen molar-refractivity contribution in [1.29, 1.82) is 0 Å². The van der Waals surface area contributed by atoms with Crippen molar-refractivity contribution in [3.8, 4) is 5.75 Å². The summed E-state index contributed by atoms with van der Waals surface area (Å²) in [7, 11) is 1.53. The van der Waals surface area contributed by atoms with Crippen LogP contribution in [0, 0.1) is 6.92 Å². The zero-order valence-electron chi connectivity index (χ0n) is 16.4. The van der Waals surface area contributed by atoms with Crippen LogP contribution < -0.4 is 4.74 Å². The highest BCUT2D eigenvalue weighted by Gasteiger charge is 2.15. The van der Waals surface area contributed by atoms with Gasteiger partial charge in [0.05, 0.1) is 18.4 Å². The summed E-state index contributed by atoms with van der Waals surface area (Å²) in [6.45, 7) is 3.33. The van der Waals surface area contributed by atoms with Crippen LogP contribution in [-0.2, 0) is 17.1 Å². The van der Waals surface area contributed by atoms with Gasteiger partial charge in [-0.3, -0.25) is 4.79 Å². The van der Waals surface area contributed by atoms with Crippen LogP contribution in [0.25, 0.3) is 0 Å². The molecule has 0 N–H and O–H groups in total. The van der Waals surface area contributed by atoms with Gasteiger partial charge in [0.25, 0.3) is 0 Å². The Morgan fingerprint density at radius 2 is 1.93 bits per heavy atom. The lowest BCUT2D eigenvalue weighted by atomic mass is 10.1. The molecule has 6 nitrogen and oxygen atoms in total. The van der Waals surface area contributed by atoms with E-state index in [4.69, 9.17) is 14.0 Å². The number of Topliss-reactive ketones (excluding diaryl/α,β-unsaturated/α-hetero) is 1. The van der Waals surface area contributed by atoms with Crippen LogP contribution in [0.5, 0.6) is 5.75 Å². The first kappa shape index (κ1) is 20.7. The molecule has 150 valence electrons. The summed E-state index contributed by atoms with van der Waals surface area (Å²) >= 11 is 1.48. The number of carbonyl (C=O) groups excluding carboxylic acids is 2. The van der Waals surface area contributed by atoms with Gasteiger partial charge in [0.15, 0.2) is 5.78 Å². The molecule has 0 aliphatic rings. The molecule has 29 heavy (non-hydrogen) atoms. The van der Waals surface area contributed by atoms with E-state index in [1.807, 2.05) is 25.1 Å². The van der Waals surface area contributed by atoms with Gasteiger partial charge in [0, 0.05) is 27.8 Å². The van der Waals surface area contributed by atoms with Crippen molar-refractivity contribution in [3.05, 3.63) is 76.7 Å². The lowest BCUT2D eigenvalue weighted by molar-refractivity contribution is 0.0466. The van der Waals surface area contributed by atoms with Gasteiger partial charge in [0.1, 0.15) is 18.1 Å². The first-order chi connectivity index (χ1) is 14.0. The number of aryl methyl sites for hydroxylation is 1. The van der Waals surface area contributed by atoms with Crippen LogP contribution in [0.3, 0.4) is 0 Å². The average molecular weight is 411 g/mol. The predicted octanol–water partition coefficient (Wildman–Crippen LogP) is 4.84. The van der Waals surface area contributed by atoms with Crippen molar-refractivity contribution in [2.24, 2.45) is 0 Å². The summed E-state index contributed by atoms with van der Waals surface area (Å²) in [6.07, 6.45) is 0. The Morgan fingerprint density at radius 1 is 1.14 bits per heavy atom. The highest BCUT2D eigenvalue weighted by atomic mass is 32.2. The highest BCUT2D eigenvalue weighted by Crippen LogP contribution is 2.28. The summed E-state index contributed by atoms with van der Waals surface area (Å²) in [4.78, 5) is 25.1. The number of ether oxygens (including phenoxy) is 2. The number of benzene rings is 2. The van der Waals surface area contributed by atoms with E-state index in [0.717, 1.165) is 16.3 Å². The molecular formula is C22H21NO5S. The summed E-state index contributed by atoms with van der Waals surface area (Å²) in [5.41, 5.74) is 2.45. The minimum atomic E-state index is -0.445. The topological polar surface area (TPSA) is 78.6 Å². The van der Waals surface area contributed by atoms with E-state index in [0.29, 0.717) is 28.2 Å². The van der Waals surface area contributed by atoms with Crippen molar-refractivity contribution >= 4 is 23.5 Å². The Labute approximate surface area is 173 Å². The molecule has 1 heterocycles. The lowest BCUT2D eigenvalue weighted by Crippen LogP contribution is -2.08. The number of ketones is 1. The molecule has 3 aromatic rings. The van der Waals surface area contributed by atoms with Gasteiger partial charge in [-0.15, -0.1) is 11.8 Å². The molecule has 0 saturated heterocycles. The van der Waals surface area contributed by atoms with Crippen molar-refractivity contribution in [2.45, 2.75) is 31.1 Å². The van der Waals surface area contributed by atoms with Gasteiger partial charge in [0.2, 0.25) is 0 Å². The van der Waals surface area contributed by atoms with Crippen LogP contribution in [0.1, 0.15) is 44.7 Å². The van der Waals surface area contributed by atoms with Gasteiger partial charge in [-0.25, -0.2) is 4.79 Å². The number of carbonyl (C=O) groups is 2. The Morgan fingerprint density at radius 3 is 2.62 bits per heavy atom. The Balaban J connectivity index is 1.71. The number of rotatable bonds is 8. The molecule has 0 atom stereocenters. The minimum absolute atomic E-state index is 0.00457. The second kappa shape index (κ2) is 9.43. The van der Waals surface area contributed by atoms with Crippen LogP contribution in [-0.4, -0.2) is 24.0 Å². The van der Waals surface area contributed by atoms with E-state index < -0.39 is 5.97 Å². The van der Waals surface area contributed by atoms with Crippen molar-refractivity contribution in [2.75, 3.05) is 7.11 Å². The molecule has 0 bridgehead atoms. The molecule has 3 rings (SSSR count). The van der Waals surface area contributed by atoms with Crippen molar-refractivity contribution < 1.29 is 23.6 Å². The van der Waals surface area contributed by atoms with Crippen LogP contribution in [0.15, 0.2) is 57.9 Å². The third kappa shape index (κ3) is 5.26. The van der Waals surface area contributed by atoms with E-state index in [9.17, 15) is 9.59 Å². The molecule has 0 amide bonds. The van der Waals surface area contributed by atoms with Gasteiger partial charge < -0.3 is 14.0 Å². The maximum absolute atomic E-state index is 12.7. The van der Waals surface area contributed by atoms with Gasteiger partial charge >= 0.3 is 5.97 Å². The van der Waals surface area contributed by atoms with Crippen LogP contribution in [0.2, 0.25) is 0 Å². The monoisotopic (exact) mass is 411 g/mol. The number of thioether (sulfide) groups is 1. The number of methoxy groups -OCH3 is 1. The first-order valence-corrected chi connectivity index (χ1v) is 9.95. The van der Waals surface area contributed by atoms with E-state index in [1.54, 1.807) is 30.3 Å². The zero-order valence-corrected chi connectivity index (χ0v) is 17.2. The molecule has 0 aliphatic carbocycles. The summed E-state index contributed by atoms with van der Waals surface area (Å²) in [5, 5.41) is 3.97. The third-order valence-electron chi connectivity index (χ3n) is 4.20. The third-order valence-corrected chi connectivity index (χ3v) is 5.31. The molecule has 7 heteroatoms. The number of aromatic nitrogens is 1. The smallest absolute Gasteiger partial charge is 0.339 e. The summed E-state index contributed by atoms with van der Waals surface area (Å²) in [6, 6.07) is 14.2. The molecule has 0 spiro atoms. The highest BCUT2D eigenvalue weighted by molar-refractivity contribution is 7.98. The molecule has 0 unspecified atom stereocenters. The van der Waals surface area contributed by atoms with E-state index >= 15 is 0 Å². The molecule has 0 aliphatic heterocycles. The quantitative estimate of drug-likeness (QED) is 0.298. The van der Waals surface area contributed by atoms with E-state index in [1.165, 1.54) is 25.8 Å². The van der Waals surface area contributed by atoms with Crippen LogP contribution >= 0.6 is 11.8 Å². The SMILES string of the molecule is COc1ccc(C(C)=O)cc1COC(=O)c1ccccc1SCc1cc(C)on1. The van der Waals surface area contributed by atoms with E-state index in [-0.39, 0.29) is 12.4 Å². The Kier molecular flexibility index (Phi) is 6.72. The number of esters is 1. The normalized spacial score (nSPS) is 10.6. The summed E-state index contributed by atoms with van der Waals surface area (Å²) in [5.74, 6) is 1.38. The maximum Gasteiger partial charge on any atom is 0.339 e. The fourth-order valence-electron chi connectivity index (χ4n) is 2.73. The second-order valence-electron chi connectivity index (χ2n) is 6.37. The predicted molar refractivity (Wildman–Crippen MR) is 109 cm³/mol. The average Bonchev–Trinajstić information content (AvgIpc) is 3.15. The molecule has 0 radical (unpaired) electrons. The van der Waals surface area contributed by atoms with E-state index in [2.05, 4.69) is 5.16 Å². The maximum atomic E-state index is 12.7. The Bertz CT molecular complexity index is 1030. The lowest BCUT2D eigenvalue weighted by Gasteiger charge is -2.12. The van der Waals surface area contributed by atoms with Crippen molar-refractivity contribution in [3.63, 3.8) is 0 Å². The molecule has 0 saturated carbocycles.